The van der Waals surface area contributed by atoms with E-state index in [0.29, 0.717) is 36.1 Å². The van der Waals surface area contributed by atoms with Gasteiger partial charge in [-0.05, 0) is 94.4 Å². The molecule has 4 fully saturated rings. The van der Waals surface area contributed by atoms with Crippen molar-refractivity contribution in [3.05, 3.63) is 47.5 Å². The van der Waals surface area contributed by atoms with Gasteiger partial charge in [0.25, 0.3) is 5.91 Å². The first-order valence-electron chi connectivity index (χ1n) is 18.6. The molecule has 3 saturated carbocycles. The Labute approximate surface area is 285 Å². The zero-order valence-electron chi connectivity index (χ0n) is 30.9. The number of carbonyl (C=O) groups is 4. The summed E-state index contributed by atoms with van der Waals surface area (Å²) in [6, 6.07) is 3.34. The molecule has 4 aliphatic rings. The minimum atomic E-state index is -2.26. The third kappa shape index (κ3) is 7.12. The van der Waals surface area contributed by atoms with Crippen LogP contribution in [0.15, 0.2) is 30.5 Å². The van der Waals surface area contributed by atoms with Crippen molar-refractivity contribution in [3.8, 4) is 0 Å². The quantitative estimate of drug-likeness (QED) is 0.282. The molecule has 3 aliphatic carbocycles. The number of amides is 4. The van der Waals surface area contributed by atoms with E-state index in [1.54, 1.807) is 35.6 Å². The SMILES string of the molecule is [2H]C([2H])([2H])N1CCN(C(=O)[C@H](NC(=O)[C@H](C)OC)[C@@H](C)c2ccc(NC(=O)[C@@H](NC(=O)c3ccnn3CC)C(C3CC3)C3CC3)c(F)c2)C2CC21. The monoisotopic (exact) mass is 668 g/mol. The molecule has 13 heteroatoms. The summed E-state index contributed by atoms with van der Waals surface area (Å²) in [5.41, 5.74) is 0.687. The van der Waals surface area contributed by atoms with Gasteiger partial charge in [0.05, 0.1) is 5.69 Å². The number of halogens is 1. The molecule has 6 atom stereocenters. The van der Waals surface area contributed by atoms with E-state index in [2.05, 4.69) is 21.0 Å². The van der Waals surface area contributed by atoms with Crippen LogP contribution >= 0.6 is 0 Å². The van der Waals surface area contributed by atoms with Crippen LogP contribution in [-0.2, 0) is 25.7 Å². The number of fused-ring (bicyclic) bond motifs is 1. The van der Waals surface area contributed by atoms with Gasteiger partial charge in [-0.15, -0.1) is 0 Å². The first-order valence-corrected chi connectivity index (χ1v) is 17.1. The molecule has 3 N–H and O–H groups in total. The van der Waals surface area contributed by atoms with Crippen molar-refractivity contribution in [2.75, 3.05) is 32.5 Å². The van der Waals surface area contributed by atoms with Crippen molar-refractivity contribution in [2.24, 2.45) is 17.8 Å². The summed E-state index contributed by atoms with van der Waals surface area (Å²) in [4.78, 5) is 57.3. The Bertz CT molecular complexity index is 1640. The van der Waals surface area contributed by atoms with Crippen LogP contribution in [0.2, 0.25) is 0 Å². The molecule has 260 valence electrons. The van der Waals surface area contributed by atoms with E-state index in [1.165, 1.54) is 30.3 Å². The first-order chi connectivity index (χ1) is 24.2. The molecule has 12 nitrogen and oxygen atoms in total. The highest BCUT2D eigenvalue weighted by molar-refractivity contribution is 6.01. The number of nitrogens with one attached hydrogen (secondary N) is 3. The molecule has 2 unspecified atom stereocenters. The van der Waals surface area contributed by atoms with Crippen molar-refractivity contribution < 1.29 is 32.4 Å². The van der Waals surface area contributed by atoms with Gasteiger partial charge in [-0.2, -0.15) is 5.10 Å². The van der Waals surface area contributed by atoms with Crippen LogP contribution in [0, 0.1) is 23.6 Å². The minimum absolute atomic E-state index is 0.0631. The molecule has 2 heterocycles. The maximum atomic E-state index is 15.9. The molecular formula is C35H48FN7O5. The maximum absolute atomic E-state index is 15.9. The second-order valence-electron chi connectivity index (χ2n) is 13.7. The molecule has 4 amide bonds. The Balaban J connectivity index is 1.20. The smallest absolute Gasteiger partial charge is 0.270 e. The number of aromatic nitrogens is 2. The fourth-order valence-electron chi connectivity index (χ4n) is 7.16. The van der Waals surface area contributed by atoms with Crippen molar-refractivity contribution in [1.82, 2.24) is 30.2 Å². The van der Waals surface area contributed by atoms with Crippen molar-refractivity contribution >= 4 is 29.3 Å². The number of piperazine rings is 1. The zero-order valence-corrected chi connectivity index (χ0v) is 27.9. The first kappa shape index (κ1) is 30.2. The second kappa shape index (κ2) is 13.9. The van der Waals surface area contributed by atoms with Crippen LogP contribution in [0.4, 0.5) is 10.1 Å². The van der Waals surface area contributed by atoms with Gasteiger partial charge < -0.3 is 25.6 Å². The lowest BCUT2D eigenvalue weighted by molar-refractivity contribution is -0.141. The summed E-state index contributed by atoms with van der Waals surface area (Å²) in [5.74, 6) is -2.69. The van der Waals surface area contributed by atoms with Crippen LogP contribution in [-0.4, -0.2) is 101 Å². The van der Waals surface area contributed by atoms with E-state index in [0.717, 1.165) is 25.7 Å². The number of aryl methyl sites for hydroxylation is 1. The molecule has 1 aliphatic heterocycles. The Morgan fingerprint density at radius 3 is 2.38 bits per heavy atom. The molecule has 1 saturated heterocycles. The lowest BCUT2D eigenvalue weighted by Gasteiger charge is -2.36. The Kier molecular flexibility index (Phi) is 8.79. The van der Waals surface area contributed by atoms with Crippen molar-refractivity contribution in [2.45, 2.75) is 95.6 Å². The number of ether oxygens (including phenoxy) is 1. The molecule has 0 spiro atoms. The van der Waals surface area contributed by atoms with Gasteiger partial charge in [-0.3, -0.25) is 28.8 Å². The van der Waals surface area contributed by atoms with Gasteiger partial charge in [0, 0.05) is 55.1 Å². The summed E-state index contributed by atoms with van der Waals surface area (Å²) in [5, 5.41) is 12.6. The second-order valence-corrected chi connectivity index (χ2v) is 13.7. The molecule has 1 aromatic carbocycles. The van der Waals surface area contributed by atoms with E-state index >= 15 is 4.39 Å². The van der Waals surface area contributed by atoms with Gasteiger partial charge in [0.1, 0.15) is 29.7 Å². The summed E-state index contributed by atoms with van der Waals surface area (Å²) < 4.78 is 46.1. The fraction of sp³-hybridized carbons (Fsp3) is 0.629. The van der Waals surface area contributed by atoms with E-state index in [9.17, 15) is 19.2 Å². The molecule has 0 bridgehead atoms. The molecule has 2 aromatic rings. The average Bonchev–Trinajstić information content (AvgIpc) is 3.99. The number of nitrogens with zero attached hydrogens (tertiary/aromatic N) is 4. The topological polar surface area (TPSA) is 138 Å². The zero-order chi connectivity index (χ0) is 36.8. The maximum Gasteiger partial charge on any atom is 0.270 e. The minimum Gasteiger partial charge on any atom is -0.372 e. The summed E-state index contributed by atoms with van der Waals surface area (Å²) >= 11 is 0. The number of likely N-dealkylation sites (N-methyl/N-ethyl adjacent to an activating group) is 1. The highest BCUT2D eigenvalue weighted by Gasteiger charge is 2.51. The number of methoxy groups -OCH3 is 1. The van der Waals surface area contributed by atoms with Crippen LogP contribution in [0.25, 0.3) is 0 Å². The number of carbonyl (C=O) groups excluding carboxylic acids is 4. The largest absolute Gasteiger partial charge is 0.372 e. The normalized spacial score (nSPS) is 24.3. The predicted octanol–water partition coefficient (Wildman–Crippen LogP) is 2.75. The fourth-order valence-corrected chi connectivity index (χ4v) is 7.16. The third-order valence-corrected chi connectivity index (χ3v) is 10.5. The van der Waals surface area contributed by atoms with E-state index in [1.807, 2.05) is 6.92 Å². The van der Waals surface area contributed by atoms with Crippen molar-refractivity contribution in [1.29, 1.82) is 0 Å². The molecule has 0 radical (unpaired) electrons. The average molecular weight is 669 g/mol. The highest BCUT2D eigenvalue weighted by atomic mass is 19.1. The third-order valence-electron chi connectivity index (χ3n) is 10.5. The summed E-state index contributed by atoms with van der Waals surface area (Å²) in [6.07, 6.45) is 5.11. The number of hydrogen-bond donors (Lipinski definition) is 3. The molecule has 6 rings (SSSR count). The van der Waals surface area contributed by atoms with Crippen LogP contribution < -0.4 is 16.0 Å². The highest BCUT2D eigenvalue weighted by Crippen LogP contribution is 2.51. The summed E-state index contributed by atoms with van der Waals surface area (Å²) in [7, 11) is 1.38. The standard InChI is InChI=1S/C35H48FN7O5/c1-6-43-26(13-14-37-43)33(45)40-31(29(21-7-8-21)22-9-10-22)34(46)38-25-12-11-23(17-24(25)36)19(2)30(39-32(44)20(3)48-5)35(47)42-16-15-41(4)27-18-28(27)42/h11-14,17,19-22,27-31H,6-10,15-16,18H2,1-5H3,(H,38,46)(H,39,44)(H,40,45)/t19-,20-,27?,28?,30+,31-/m0/s1/i4D3. The lowest BCUT2D eigenvalue weighted by Crippen LogP contribution is -2.57. The van der Waals surface area contributed by atoms with Crippen LogP contribution in [0.5, 0.6) is 0 Å². The number of benzene rings is 1. The van der Waals surface area contributed by atoms with Gasteiger partial charge >= 0.3 is 0 Å². The molecular weight excluding hydrogens is 617 g/mol. The lowest BCUT2D eigenvalue weighted by atomic mass is 9.88. The van der Waals surface area contributed by atoms with Gasteiger partial charge in [-0.1, -0.05) is 13.0 Å². The number of anilines is 1. The Hall–Kier alpha value is -3.84. The number of hydrogen-bond acceptors (Lipinski definition) is 7. The number of rotatable bonds is 14. The van der Waals surface area contributed by atoms with Gasteiger partial charge in [0.15, 0.2) is 0 Å². The molecule has 1 aromatic heterocycles. The van der Waals surface area contributed by atoms with Crippen LogP contribution in [0.3, 0.4) is 0 Å². The van der Waals surface area contributed by atoms with E-state index in [-0.39, 0.29) is 42.7 Å². The predicted molar refractivity (Wildman–Crippen MR) is 176 cm³/mol. The Morgan fingerprint density at radius 1 is 1.02 bits per heavy atom. The van der Waals surface area contributed by atoms with Crippen LogP contribution in [0.1, 0.15) is 79.0 Å². The molecule has 48 heavy (non-hydrogen) atoms. The van der Waals surface area contributed by atoms with Gasteiger partial charge in [-0.25, -0.2) is 4.39 Å². The summed E-state index contributed by atoms with van der Waals surface area (Å²) in [6.45, 7) is 3.70. The van der Waals surface area contributed by atoms with E-state index < -0.39 is 54.6 Å². The van der Waals surface area contributed by atoms with Gasteiger partial charge in [0.2, 0.25) is 17.7 Å². The van der Waals surface area contributed by atoms with E-state index in [4.69, 9.17) is 8.85 Å². The van der Waals surface area contributed by atoms with Crippen molar-refractivity contribution in [3.63, 3.8) is 0 Å². The Morgan fingerprint density at radius 2 is 1.75 bits per heavy atom.